The molecule has 0 bridgehead atoms. The van der Waals surface area contributed by atoms with E-state index in [1.54, 1.807) is 11.3 Å². The predicted molar refractivity (Wildman–Crippen MR) is 92.8 cm³/mol. The molecule has 0 radical (unpaired) electrons. The number of carbonyl (C=O) groups excluding carboxylic acids is 1. The summed E-state index contributed by atoms with van der Waals surface area (Å²) in [6.45, 7) is 4.24. The molecule has 6 heteroatoms. The largest absolute Gasteiger partial charge is 0.359 e. The Kier molecular flexibility index (Phi) is 4.41. The maximum Gasteiger partial charge on any atom is 0.237 e. The smallest absolute Gasteiger partial charge is 0.237 e. The third-order valence-electron chi connectivity index (χ3n) is 5.18. The number of aryl methyl sites for hydroxylation is 1. The molecule has 0 N–H and O–H groups in total. The van der Waals surface area contributed by atoms with Crippen molar-refractivity contribution in [2.75, 3.05) is 19.6 Å². The van der Waals surface area contributed by atoms with Gasteiger partial charge in [-0.25, -0.2) is 0 Å². The Bertz CT molecular complexity index is 697. The monoisotopic (exact) mass is 345 g/mol. The number of carbonyl (C=O) groups is 1. The third kappa shape index (κ3) is 3.00. The molecule has 0 unspecified atom stereocenters. The number of nitrogens with zero attached hydrogens (tertiary/aromatic N) is 3. The standard InChI is InChI=1S/C18H23N3O2S/c1-13-10-17(23-19-13)16-5-2-7-20(16)11-18(22)21-8-3-4-15(21)14-6-9-24-12-14/h6,9-10,12,15-16H,2-5,7-8,11H2,1H3/t15-,16+/m1/s1. The van der Waals surface area contributed by atoms with E-state index in [0.29, 0.717) is 6.54 Å². The lowest BCUT2D eigenvalue weighted by Crippen LogP contribution is -2.39. The van der Waals surface area contributed by atoms with Gasteiger partial charge in [-0.2, -0.15) is 11.3 Å². The average Bonchev–Trinajstić information content (AvgIpc) is 3.34. The molecule has 2 aromatic rings. The van der Waals surface area contributed by atoms with Crippen LogP contribution in [0.3, 0.4) is 0 Å². The van der Waals surface area contributed by atoms with E-state index in [4.69, 9.17) is 4.52 Å². The second-order valence-electron chi connectivity index (χ2n) is 6.80. The Morgan fingerprint density at radius 1 is 1.33 bits per heavy atom. The van der Waals surface area contributed by atoms with Crippen molar-refractivity contribution in [1.82, 2.24) is 15.0 Å². The van der Waals surface area contributed by atoms with Gasteiger partial charge in [-0.3, -0.25) is 9.69 Å². The molecular formula is C18H23N3O2S. The van der Waals surface area contributed by atoms with Gasteiger partial charge in [-0.15, -0.1) is 0 Å². The van der Waals surface area contributed by atoms with Crippen LogP contribution in [-0.2, 0) is 4.79 Å². The van der Waals surface area contributed by atoms with E-state index in [0.717, 1.165) is 50.2 Å². The number of likely N-dealkylation sites (tertiary alicyclic amines) is 2. The zero-order valence-electron chi connectivity index (χ0n) is 14.0. The lowest BCUT2D eigenvalue weighted by Gasteiger charge is -2.28. The van der Waals surface area contributed by atoms with Crippen LogP contribution in [0.25, 0.3) is 0 Å². The molecule has 2 saturated heterocycles. The van der Waals surface area contributed by atoms with Crippen LogP contribution in [0.5, 0.6) is 0 Å². The summed E-state index contributed by atoms with van der Waals surface area (Å²) in [7, 11) is 0. The maximum absolute atomic E-state index is 12.9. The minimum absolute atomic E-state index is 0.192. The summed E-state index contributed by atoms with van der Waals surface area (Å²) < 4.78 is 5.45. The van der Waals surface area contributed by atoms with Gasteiger partial charge in [0.2, 0.25) is 5.91 Å². The van der Waals surface area contributed by atoms with E-state index < -0.39 is 0 Å². The number of hydrogen-bond donors (Lipinski definition) is 0. The molecule has 128 valence electrons. The summed E-state index contributed by atoms with van der Waals surface area (Å²) in [5.74, 6) is 1.14. The summed E-state index contributed by atoms with van der Waals surface area (Å²) in [6, 6.07) is 4.60. The summed E-state index contributed by atoms with van der Waals surface area (Å²) in [6.07, 6.45) is 4.31. The van der Waals surface area contributed by atoms with E-state index in [1.165, 1.54) is 5.56 Å². The number of rotatable bonds is 4. The Hall–Kier alpha value is -1.66. The van der Waals surface area contributed by atoms with Crippen LogP contribution in [0, 0.1) is 6.92 Å². The van der Waals surface area contributed by atoms with E-state index in [1.807, 2.05) is 13.0 Å². The number of amides is 1. The van der Waals surface area contributed by atoms with Gasteiger partial charge in [0.1, 0.15) is 0 Å². The molecule has 4 heterocycles. The second kappa shape index (κ2) is 6.69. The second-order valence-corrected chi connectivity index (χ2v) is 7.58. The van der Waals surface area contributed by atoms with Gasteiger partial charge in [-0.05, 0) is 61.5 Å². The molecule has 0 spiro atoms. The van der Waals surface area contributed by atoms with Gasteiger partial charge in [0, 0.05) is 12.6 Å². The fourth-order valence-electron chi connectivity index (χ4n) is 4.02. The summed E-state index contributed by atoms with van der Waals surface area (Å²) >= 11 is 1.71. The van der Waals surface area contributed by atoms with E-state index in [-0.39, 0.29) is 18.0 Å². The topological polar surface area (TPSA) is 49.6 Å². The van der Waals surface area contributed by atoms with Crippen molar-refractivity contribution in [1.29, 1.82) is 0 Å². The minimum Gasteiger partial charge on any atom is -0.359 e. The third-order valence-corrected chi connectivity index (χ3v) is 5.88. The van der Waals surface area contributed by atoms with Crippen molar-refractivity contribution in [3.8, 4) is 0 Å². The van der Waals surface area contributed by atoms with Crippen LogP contribution in [0.4, 0.5) is 0 Å². The summed E-state index contributed by atoms with van der Waals surface area (Å²) in [5.41, 5.74) is 2.19. The van der Waals surface area contributed by atoms with E-state index in [2.05, 4.69) is 31.8 Å². The molecule has 2 atom stereocenters. The molecule has 5 nitrogen and oxygen atoms in total. The Labute approximate surface area is 146 Å². The van der Waals surface area contributed by atoms with Crippen molar-refractivity contribution >= 4 is 17.2 Å². The molecule has 2 aromatic heterocycles. The van der Waals surface area contributed by atoms with Gasteiger partial charge >= 0.3 is 0 Å². The Balaban J connectivity index is 1.45. The van der Waals surface area contributed by atoms with Crippen molar-refractivity contribution in [3.63, 3.8) is 0 Å². The maximum atomic E-state index is 12.9. The van der Waals surface area contributed by atoms with Crippen LogP contribution in [0.2, 0.25) is 0 Å². The van der Waals surface area contributed by atoms with E-state index in [9.17, 15) is 4.79 Å². The molecule has 24 heavy (non-hydrogen) atoms. The first-order chi connectivity index (χ1) is 11.7. The van der Waals surface area contributed by atoms with E-state index >= 15 is 0 Å². The first-order valence-corrected chi connectivity index (χ1v) is 9.65. The molecule has 4 rings (SSSR count). The number of hydrogen-bond acceptors (Lipinski definition) is 5. The van der Waals surface area contributed by atoms with Crippen molar-refractivity contribution in [3.05, 3.63) is 39.9 Å². The van der Waals surface area contributed by atoms with Gasteiger partial charge in [0.15, 0.2) is 5.76 Å². The van der Waals surface area contributed by atoms with Crippen LogP contribution >= 0.6 is 11.3 Å². The molecular weight excluding hydrogens is 322 g/mol. The molecule has 2 fully saturated rings. The predicted octanol–water partition coefficient (Wildman–Crippen LogP) is 3.55. The molecule has 0 aromatic carbocycles. The quantitative estimate of drug-likeness (QED) is 0.850. The zero-order chi connectivity index (χ0) is 16.5. The van der Waals surface area contributed by atoms with Crippen LogP contribution < -0.4 is 0 Å². The highest BCUT2D eigenvalue weighted by molar-refractivity contribution is 7.07. The fourth-order valence-corrected chi connectivity index (χ4v) is 4.73. The molecule has 1 amide bonds. The lowest BCUT2D eigenvalue weighted by atomic mass is 10.1. The summed E-state index contributed by atoms with van der Waals surface area (Å²) in [4.78, 5) is 17.3. The molecule has 0 aliphatic carbocycles. The van der Waals surface area contributed by atoms with Crippen molar-refractivity contribution < 1.29 is 9.32 Å². The van der Waals surface area contributed by atoms with Crippen LogP contribution in [0.1, 0.15) is 54.8 Å². The first kappa shape index (κ1) is 15.8. The SMILES string of the molecule is Cc1cc([C@@H]2CCCN2CC(=O)N2CCC[C@@H]2c2ccsc2)on1. The van der Waals surface area contributed by atoms with Crippen molar-refractivity contribution in [2.24, 2.45) is 0 Å². The fraction of sp³-hybridized carbons (Fsp3) is 0.556. The van der Waals surface area contributed by atoms with Gasteiger partial charge in [0.05, 0.1) is 24.3 Å². The highest BCUT2D eigenvalue weighted by atomic mass is 32.1. The first-order valence-electron chi connectivity index (χ1n) is 8.71. The molecule has 0 saturated carbocycles. The molecule has 2 aliphatic rings. The van der Waals surface area contributed by atoms with Crippen LogP contribution in [0.15, 0.2) is 27.4 Å². The zero-order valence-corrected chi connectivity index (χ0v) is 14.8. The van der Waals surface area contributed by atoms with Gasteiger partial charge < -0.3 is 9.42 Å². The van der Waals surface area contributed by atoms with Gasteiger partial charge in [0.25, 0.3) is 0 Å². The Morgan fingerprint density at radius 2 is 2.17 bits per heavy atom. The molecule has 2 aliphatic heterocycles. The number of thiophene rings is 1. The van der Waals surface area contributed by atoms with Gasteiger partial charge in [-0.1, -0.05) is 5.16 Å². The number of aromatic nitrogens is 1. The lowest BCUT2D eigenvalue weighted by molar-refractivity contribution is -0.133. The Morgan fingerprint density at radius 3 is 2.92 bits per heavy atom. The minimum atomic E-state index is 0.192. The summed E-state index contributed by atoms with van der Waals surface area (Å²) in [5, 5.41) is 8.27. The average molecular weight is 345 g/mol. The normalized spacial score (nSPS) is 24.8. The van der Waals surface area contributed by atoms with Crippen molar-refractivity contribution in [2.45, 2.75) is 44.7 Å². The highest BCUT2D eigenvalue weighted by Crippen LogP contribution is 2.35. The van der Waals surface area contributed by atoms with Crippen LogP contribution in [-0.4, -0.2) is 40.5 Å². The highest BCUT2D eigenvalue weighted by Gasteiger charge is 2.35.